The molecular weight excluding hydrogens is 557 g/mol. The Labute approximate surface area is 237 Å². The Bertz CT molecular complexity index is 1660. The van der Waals surface area contributed by atoms with E-state index in [9.17, 15) is 37.5 Å². The van der Waals surface area contributed by atoms with Crippen LogP contribution in [-0.4, -0.2) is 46.5 Å². The molecule has 0 atom stereocenters. The number of para-hydroxylation sites is 1. The number of anilines is 3. The summed E-state index contributed by atoms with van der Waals surface area (Å²) in [7, 11) is 1.17. The highest BCUT2D eigenvalue weighted by Gasteiger charge is 2.52. The Morgan fingerprint density at radius 3 is 2.36 bits per heavy atom. The summed E-state index contributed by atoms with van der Waals surface area (Å²) in [4.78, 5) is 52.6. The minimum atomic E-state index is -4.90. The SMILES string of the molecule is COC(=O)c1ccc(C(=O)O)cc1Nc1ccccc1CN1C(=O)N(c2ccc(C#N)c(C(F)(F)F)c2)C(=O)C1(C)C. The number of methoxy groups -OCH3 is 1. The molecule has 1 heterocycles. The van der Waals surface area contributed by atoms with Crippen LogP contribution in [0.5, 0.6) is 0 Å². The Morgan fingerprint density at radius 1 is 1.05 bits per heavy atom. The second-order valence-electron chi connectivity index (χ2n) is 9.75. The summed E-state index contributed by atoms with van der Waals surface area (Å²) in [6, 6.07) is 13.5. The van der Waals surface area contributed by atoms with Crippen LogP contribution in [-0.2, 0) is 22.3 Å². The fraction of sp³-hybridized carbons (Fsp3) is 0.207. The first-order valence-corrected chi connectivity index (χ1v) is 12.3. The average Bonchev–Trinajstić information content (AvgIpc) is 3.11. The molecule has 13 heteroatoms. The highest BCUT2D eigenvalue weighted by atomic mass is 19.4. The molecule has 0 unspecified atom stereocenters. The van der Waals surface area contributed by atoms with E-state index in [-0.39, 0.29) is 29.0 Å². The molecule has 1 aliphatic heterocycles. The number of nitriles is 1. The first-order chi connectivity index (χ1) is 19.7. The number of hydrogen-bond donors (Lipinski definition) is 2. The van der Waals surface area contributed by atoms with Gasteiger partial charge in [0.25, 0.3) is 5.91 Å². The van der Waals surface area contributed by atoms with Crippen LogP contribution in [0, 0.1) is 11.3 Å². The predicted molar refractivity (Wildman–Crippen MR) is 143 cm³/mol. The average molecular weight is 581 g/mol. The van der Waals surface area contributed by atoms with Crippen LogP contribution in [0.4, 0.5) is 35.0 Å². The van der Waals surface area contributed by atoms with Gasteiger partial charge in [0.2, 0.25) is 0 Å². The largest absolute Gasteiger partial charge is 0.478 e. The standard InChI is InChI=1S/C29H23F3N4O6/c1-28(2)26(40)36(19-10-8-17(14-33)21(13-19)29(30,31)32)27(41)35(28)15-18-6-4-5-7-22(18)34-23-12-16(24(37)38)9-11-20(23)25(39)42-3/h4-13,34H,15H2,1-3H3,(H,37,38). The molecule has 1 fully saturated rings. The summed E-state index contributed by atoms with van der Waals surface area (Å²) in [5, 5.41) is 21.5. The number of aromatic carboxylic acids is 1. The van der Waals surface area contributed by atoms with Gasteiger partial charge in [-0.3, -0.25) is 4.79 Å². The number of hydrogen-bond acceptors (Lipinski definition) is 7. The number of amides is 3. The fourth-order valence-corrected chi connectivity index (χ4v) is 4.50. The van der Waals surface area contributed by atoms with Gasteiger partial charge in [0.15, 0.2) is 0 Å². The molecule has 216 valence electrons. The van der Waals surface area contributed by atoms with Gasteiger partial charge in [-0.1, -0.05) is 18.2 Å². The minimum absolute atomic E-state index is 0.0394. The zero-order chi connectivity index (χ0) is 31.0. The summed E-state index contributed by atoms with van der Waals surface area (Å²) >= 11 is 0. The molecule has 3 aromatic rings. The molecule has 3 amide bonds. The van der Waals surface area contributed by atoms with Crippen molar-refractivity contribution >= 4 is 40.9 Å². The Morgan fingerprint density at radius 2 is 1.74 bits per heavy atom. The quantitative estimate of drug-likeness (QED) is 0.274. The number of alkyl halides is 3. The molecule has 0 bridgehead atoms. The Hall–Kier alpha value is -5.38. The molecule has 1 saturated heterocycles. The van der Waals surface area contributed by atoms with E-state index in [2.05, 4.69) is 5.32 Å². The van der Waals surface area contributed by atoms with Crippen molar-refractivity contribution in [2.45, 2.75) is 32.1 Å². The number of carboxylic acid groups (broad SMARTS) is 1. The molecule has 0 aromatic heterocycles. The molecule has 0 saturated carbocycles. The number of imide groups is 1. The highest BCUT2D eigenvalue weighted by molar-refractivity contribution is 6.23. The maximum Gasteiger partial charge on any atom is 0.417 e. The monoisotopic (exact) mass is 580 g/mol. The third kappa shape index (κ3) is 5.34. The first-order valence-electron chi connectivity index (χ1n) is 12.3. The molecular formula is C29H23F3N4O6. The van der Waals surface area contributed by atoms with Crippen LogP contribution < -0.4 is 10.2 Å². The van der Waals surface area contributed by atoms with Crippen molar-refractivity contribution < 1.29 is 42.2 Å². The van der Waals surface area contributed by atoms with E-state index in [4.69, 9.17) is 10.00 Å². The van der Waals surface area contributed by atoms with Crippen molar-refractivity contribution in [1.29, 1.82) is 5.26 Å². The van der Waals surface area contributed by atoms with E-state index in [1.54, 1.807) is 24.3 Å². The van der Waals surface area contributed by atoms with Gasteiger partial charge < -0.3 is 20.1 Å². The van der Waals surface area contributed by atoms with E-state index in [1.165, 1.54) is 50.1 Å². The van der Waals surface area contributed by atoms with Crippen molar-refractivity contribution in [2.24, 2.45) is 0 Å². The van der Waals surface area contributed by atoms with E-state index in [0.29, 0.717) is 22.2 Å². The van der Waals surface area contributed by atoms with Gasteiger partial charge in [0, 0.05) is 5.69 Å². The number of carbonyl (C=O) groups excluding carboxylic acids is 3. The number of rotatable bonds is 7. The molecule has 4 rings (SSSR count). The molecule has 10 nitrogen and oxygen atoms in total. The van der Waals surface area contributed by atoms with Crippen molar-refractivity contribution in [3.05, 3.63) is 88.5 Å². The van der Waals surface area contributed by atoms with Crippen LogP contribution >= 0.6 is 0 Å². The van der Waals surface area contributed by atoms with Gasteiger partial charge in [-0.05, 0) is 61.9 Å². The van der Waals surface area contributed by atoms with Crippen LogP contribution in [0.2, 0.25) is 0 Å². The predicted octanol–water partition coefficient (Wildman–Crippen LogP) is 5.55. The van der Waals surface area contributed by atoms with Gasteiger partial charge >= 0.3 is 24.1 Å². The van der Waals surface area contributed by atoms with Gasteiger partial charge in [-0.2, -0.15) is 18.4 Å². The minimum Gasteiger partial charge on any atom is -0.478 e. The molecule has 0 spiro atoms. The summed E-state index contributed by atoms with van der Waals surface area (Å²) in [5.74, 6) is -2.75. The maximum absolute atomic E-state index is 13.6. The highest BCUT2D eigenvalue weighted by Crippen LogP contribution is 2.39. The lowest BCUT2D eigenvalue weighted by molar-refractivity contribution is -0.137. The molecule has 1 aliphatic rings. The van der Waals surface area contributed by atoms with E-state index in [0.717, 1.165) is 12.1 Å². The number of carboxylic acids is 1. The normalized spacial score (nSPS) is 14.5. The van der Waals surface area contributed by atoms with Gasteiger partial charge in [-0.15, -0.1) is 0 Å². The topological polar surface area (TPSA) is 140 Å². The summed E-state index contributed by atoms with van der Waals surface area (Å²) < 4.78 is 45.6. The van der Waals surface area contributed by atoms with Crippen LogP contribution in [0.3, 0.4) is 0 Å². The van der Waals surface area contributed by atoms with E-state index in [1.807, 2.05) is 0 Å². The zero-order valence-electron chi connectivity index (χ0n) is 22.4. The second kappa shape index (κ2) is 10.9. The molecule has 0 aliphatic carbocycles. The maximum atomic E-state index is 13.6. The molecule has 0 radical (unpaired) electrons. The fourth-order valence-electron chi connectivity index (χ4n) is 4.50. The number of halogens is 3. The Balaban J connectivity index is 1.72. The van der Waals surface area contributed by atoms with Crippen molar-refractivity contribution in [1.82, 2.24) is 4.90 Å². The van der Waals surface area contributed by atoms with Crippen molar-refractivity contribution in [3.63, 3.8) is 0 Å². The molecule has 3 aromatic carbocycles. The van der Waals surface area contributed by atoms with Crippen LogP contribution in [0.15, 0.2) is 60.7 Å². The number of nitrogens with zero attached hydrogens (tertiary/aromatic N) is 3. The lowest BCUT2D eigenvalue weighted by atomic mass is 10.0. The van der Waals surface area contributed by atoms with Crippen molar-refractivity contribution in [3.8, 4) is 6.07 Å². The molecule has 42 heavy (non-hydrogen) atoms. The smallest absolute Gasteiger partial charge is 0.417 e. The third-order valence-corrected chi connectivity index (χ3v) is 6.80. The number of ether oxygens (including phenoxy) is 1. The summed E-state index contributed by atoms with van der Waals surface area (Å²) in [6.45, 7) is 2.71. The number of benzene rings is 3. The summed E-state index contributed by atoms with van der Waals surface area (Å²) in [6.07, 6.45) is -4.90. The summed E-state index contributed by atoms with van der Waals surface area (Å²) in [5.41, 5.74) is -2.92. The third-order valence-electron chi connectivity index (χ3n) is 6.80. The van der Waals surface area contributed by atoms with Gasteiger partial charge in [-0.25, -0.2) is 19.3 Å². The number of esters is 1. The van der Waals surface area contributed by atoms with Crippen LogP contribution in [0.1, 0.15) is 51.3 Å². The van der Waals surface area contributed by atoms with E-state index < -0.39 is 46.7 Å². The number of nitrogens with one attached hydrogen (secondary N) is 1. The lowest BCUT2D eigenvalue weighted by Gasteiger charge is -2.28. The second-order valence-corrected chi connectivity index (χ2v) is 9.75. The van der Waals surface area contributed by atoms with Gasteiger partial charge in [0.1, 0.15) is 5.54 Å². The number of carbonyl (C=O) groups is 4. The Kier molecular flexibility index (Phi) is 7.67. The van der Waals surface area contributed by atoms with Crippen molar-refractivity contribution in [2.75, 3.05) is 17.3 Å². The molecule has 2 N–H and O–H groups in total. The zero-order valence-corrected chi connectivity index (χ0v) is 22.4. The van der Waals surface area contributed by atoms with Crippen LogP contribution in [0.25, 0.3) is 0 Å². The lowest BCUT2D eigenvalue weighted by Crippen LogP contribution is -2.43. The number of urea groups is 1. The van der Waals surface area contributed by atoms with E-state index >= 15 is 0 Å². The van der Waals surface area contributed by atoms with Gasteiger partial charge in [0.05, 0.1) is 53.4 Å². The first kappa shape index (κ1) is 29.6.